The molecule has 0 unspecified atom stereocenters. The fourth-order valence-electron chi connectivity index (χ4n) is 2.17. The Hall–Kier alpha value is -1.06. The summed E-state index contributed by atoms with van der Waals surface area (Å²) in [5.41, 5.74) is 2.58. The quantitative estimate of drug-likeness (QED) is 0.606. The van der Waals surface area contributed by atoms with Gasteiger partial charge in [-0.1, -0.05) is 39.8 Å². The van der Waals surface area contributed by atoms with Crippen molar-refractivity contribution in [2.45, 2.75) is 39.0 Å². The lowest BCUT2D eigenvalue weighted by Gasteiger charge is -2.28. The second-order valence-corrected chi connectivity index (χ2v) is 5.86. The predicted octanol–water partition coefficient (Wildman–Crippen LogP) is 3.29. The molecule has 19 heavy (non-hydrogen) atoms. The van der Waals surface area contributed by atoms with Gasteiger partial charge in [0, 0.05) is 24.6 Å². The average molecular weight is 265 g/mol. The first-order chi connectivity index (χ1) is 8.92. The standard InChI is InChI=1S/C16H27NO2/c1-12(2)13-7-8-15(19-6)14(9-13)16(3,4)10-17-11-18-5/h7-9,12,17H,10-11H2,1-6H3. The van der Waals surface area contributed by atoms with Crippen LogP contribution in [0.1, 0.15) is 44.7 Å². The number of rotatable bonds is 7. The monoisotopic (exact) mass is 265 g/mol. The van der Waals surface area contributed by atoms with E-state index in [0.29, 0.717) is 12.6 Å². The maximum absolute atomic E-state index is 5.51. The minimum absolute atomic E-state index is 0.00519. The molecule has 0 aliphatic carbocycles. The van der Waals surface area contributed by atoms with Gasteiger partial charge in [0.25, 0.3) is 0 Å². The van der Waals surface area contributed by atoms with Crippen molar-refractivity contribution in [3.63, 3.8) is 0 Å². The van der Waals surface area contributed by atoms with Crippen molar-refractivity contribution in [3.05, 3.63) is 29.3 Å². The molecule has 0 aliphatic heterocycles. The van der Waals surface area contributed by atoms with E-state index < -0.39 is 0 Å². The molecule has 0 amide bonds. The first kappa shape index (κ1) is 16.0. The van der Waals surface area contributed by atoms with E-state index in [9.17, 15) is 0 Å². The molecule has 1 rings (SSSR count). The molecule has 108 valence electrons. The molecule has 0 aromatic heterocycles. The minimum Gasteiger partial charge on any atom is -0.496 e. The predicted molar refractivity (Wildman–Crippen MR) is 80.0 cm³/mol. The van der Waals surface area contributed by atoms with E-state index in [1.807, 2.05) is 0 Å². The highest BCUT2D eigenvalue weighted by molar-refractivity contribution is 5.43. The van der Waals surface area contributed by atoms with E-state index in [-0.39, 0.29) is 5.41 Å². The minimum atomic E-state index is -0.00519. The van der Waals surface area contributed by atoms with Gasteiger partial charge in [-0.25, -0.2) is 0 Å². The Kier molecular flexibility index (Phi) is 5.83. The van der Waals surface area contributed by atoms with Gasteiger partial charge in [0.05, 0.1) is 13.8 Å². The van der Waals surface area contributed by atoms with Gasteiger partial charge in [-0.3, -0.25) is 5.32 Å². The maximum Gasteiger partial charge on any atom is 0.122 e. The van der Waals surface area contributed by atoms with Gasteiger partial charge in [0.15, 0.2) is 0 Å². The summed E-state index contributed by atoms with van der Waals surface area (Å²) in [4.78, 5) is 0. The number of benzene rings is 1. The summed E-state index contributed by atoms with van der Waals surface area (Å²) in [5.74, 6) is 1.47. The lowest BCUT2D eigenvalue weighted by Crippen LogP contribution is -2.34. The zero-order valence-electron chi connectivity index (χ0n) is 13.0. The van der Waals surface area contributed by atoms with E-state index in [2.05, 4.69) is 51.2 Å². The molecule has 3 nitrogen and oxygen atoms in total. The van der Waals surface area contributed by atoms with Crippen LogP contribution < -0.4 is 10.1 Å². The molecular weight excluding hydrogens is 238 g/mol. The van der Waals surface area contributed by atoms with Crippen LogP contribution in [-0.2, 0) is 10.2 Å². The number of hydrogen-bond donors (Lipinski definition) is 1. The summed E-state index contributed by atoms with van der Waals surface area (Å²) in [6.07, 6.45) is 0. The van der Waals surface area contributed by atoms with Crippen molar-refractivity contribution >= 4 is 0 Å². The third-order valence-corrected chi connectivity index (χ3v) is 3.43. The molecule has 1 N–H and O–H groups in total. The number of methoxy groups -OCH3 is 2. The molecule has 0 radical (unpaired) electrons. The average Bonchev–Trinajstić information content (AvgIpc) is 2.38. The molecule has 0 fully saturated rings. The summed E-state index contributed by atoms with van der Waals surface area (Å²) in [6.45, 7) is 10.3. The molecule has 0 heterocycles. The highest BCUT2D eigenvalue weighted by atomic mass is 16.5. The van der Waals surface area contributed by atoms with Gasteiger partial charge in [-0.15, -0.1) is 0 Å². The molecule has 1 aromatic carbocycles. The highest BCUT2D eigenvalue weighted by Gasteiger charge is 2.24. The van der Waals surface area contributed by atoms with E-state index in [1.54, 1.807) is 14.2 Å². The Balaban J connectivity index is 3.03. The second kappa shape index (κ2) is 6.92. The van der Waals surface area contributed by atoms with Gasteiger partial charge in [0.1, 0.15) is 5.75 Å². The highest BCUT2D eigenvalue weighted by Crippen LogP contribution is 2.33. The van der Waals surface area contributed by atoms with Gasteiger partial charge in [-0.05, 0) is 17.5 Å². The van der Waals surface area contributed by atoms with Crippen LogP contribution in [0.4, 0.5) is 0 Å². The maximum atomic E-state index is 5.51. The SMILES string of the molecule is COCNCC(C)(C)c1cc(C(C)C)ccc1OC. The Bertz CT molecular complexity index is 400. The number of nitrogens with one attached hydrogen (secondary N) is 1. The van der Waals surface area contributed by atoms with Crippen LogP contribution >= 0.6 is 0 Å². The largest absolute Gasteiger partial charge is 0.496 e. The van der Waals surface area contributed by atoms with E-state index in [1.165, 1.54) is 11.1 Å². The molecule has 0 saturated carbocycles. The van der Waals surface area contributed by atoms with Crippen molar-refractivity contribution in [1.29, 1.82) is 0 Å². The normalized spacial score (nSPS) is 11.9. The Morgan fingerprint density at radius 3 is 2.42 bits per heavy atom. The summed E-state index contributed by atoms with van der Waals surface area (Å²) in [7, 11) is 3.42. The molecular formula is C16H27NO2. The van der Waals surface area contributed by atoms with E-state index >= 15 is 0 Å². The zero-order valence-corrected chi connectivity index (χ0v) is 13.0. The first-order valence-electron chi connectivity index (χ1n) is 6.80. The van der Waals surface area contributed by atoms with Crippen LogP contribution in [0.25, 0.3) is 0 Å². The van der Waals surface area contributed by atoms with Crippen molar-refractivity contribution in [1.82, 2.24) is 5.32 Å². The summed E-state index contributed by atoms with van der Waals surface area (Å²) in [5, 5.41) is 3.30. The number of hydrogen-bond acceptors (Lipinski definition) is 3. The van der Waals surface area contributed by atoms with Gasteiger partial charge in [-0.2, -0.15) is 0 Å². The van der Waals surface area contributed by atoms with Gasteiger partial charge < -0.3 is 9.47 Å². The van der Waals surface area contributed by atoms with Crippen LogP contribution in [0.2, 0.25) is 0 Å². The molecule has 0 saturated heterocycles. The zero-order chi connectivity index (χ0) is 14.5. The lowest BCUT2D eigenvalue weighted by molar-refractivity contribution is 0.169. The topological polar surface area (TPSA) is 30.5 Å². The van der Waals surface area contributed by atoms with Crippen LogP contribution in [0.3, 0.4) is 0 Å². The first-order valence-corrected chi connectivity index (χ1v) is 6.80. The fourth-order valence-corrected chi connectivity index (χ4v) is 2.17. The Morgan fingerprint density at radius 1 is 1.21 bits per heavy atom. The van der Waals surface area contributed by atoms with Crippen LogP contribution in [0.15, 0.2) is 18.2 Å². The molecule has 0 bridgehead atoms. The van der Waals surface area contributed by atoms with Crippen molar-refractivity contribution in [3.8, 4) is 5.75 Å². The molecule has 1 aromatic rings. The molecule has 3 heteroatoms. The van der Waals surface area contributed by atoms with E-state index in [4.69, 9.17) is 9.47 Å². The van der Waals surface area contributed by atoms with Gasteiger partial charge in [0.2, 0.25) is 0 Å². The third kappa shape index (κ3) is 4.22. The number of ether oxygens (including phenoxy) is 2. The lowest BCUT2D eigenvalue weighted by atomic mass is 9.82. The van der Waals surface area contributed by atoms with E-state index in [0.717, 1.165) is 12.3 Å². The smallest absolute Gasteiger partial charge is 0.122 e. The summed E-state index contributed by atoms with van der Waals surface area (Å²) >= 11 is 0. The van der Waals surface area contributed by atoms with Crippen molar-refractivity contribution in [2.24, 2.45) is 0 Å². The third-order valence-electron chi connectivity index (χ3n) is 3.43. The van der Waals surface area contributed by atoms with Crippen molar-refractivity contribution in [2.75, 3.05) is 27.5 Å². The molecule has 0 aliphatic rings. The van der Waals surface area contributed by atoms with Gasteiger partial charge >= 0.3 is 0 Å². The summed E-state index contributed by atoms with van der Waals surface area (Å²) in [6, 6.07) is 6.48. The Labute approximate surface area is 117 Å². The Morgan fingerprint density at radius 2 is 1.89 bits per heavy atom. The second-order valence-electron chi connectivity index (χ2n) is 5.86. The van der Waals surface area contributed by atoms with Crippen molar-refractivity contribution < 1.29 is 9.47 Å². The fraction of sp³-hybridized carbons (Fsp3) is 0.625. The summed E-state index contributed by atoms with van der Waals surface area (Å²) < 4.78 is 10.6. The van der Waals surface area contributed by atoms with Crippen LogP contribution in [-0.4, -0.2) is 27.5 Å². The van der Waals surface area contributed by atoms with Crippen LogP contribution in [0, 0.1) is 0 Å². The van der Waals surface area contributed by atoms with Crippen LogP contribution in [0.5, 0.6) is 5.75 Å². The molecule has 0 atom stereocenters. The molecule has 0 spiro atoms.